The first kappa shape index (κ1) is 15.7. The van der Waals surface area contributed by atoms with Crippen LogP contribution in [0.1, 0.15) is 66.2 Å². The van der Waals surface area contributed by atoms with E-state index in [2.05, 4.69) is 39.1 Å². The minimum atomic E-state index is -0.0685. The number of hydrogen-bond donors (Lipinski definition) is 1. The molecule has 0 radical (unpaired) electrons. The normalized spacial score (nSPS) is 21.9. The van der Waals surface area contributed by atoms with E-state index in [1.54, 1.807) is 5.57 Å². The van der Waals surface area contributed by atoms with E-state index in [0.29, 0.717) is 6.04 Å². The van der Waals surface area contributed by atoms with E-state index in [4.69, 9.17) is 4.74 Å². The molecule has 0 bridgehead atoms. The monoisotopic (exact) mass is 253 g/mol. The highest BCUT2D eigenvalue weighted by Crippen LogP contribution is 2.30. The molecule has 1 aliphatic carbocycles. The first-order valence-corrected chi connectivity index (χ1v) is 7.74. The standard InChI is InChI=1S/C16H31NO/c1-5-16(4,18-7-3)15(17-6-2)14-12-10-8-9-11-13-14/h12,15,17H,5-11,13H2,1-4H3. The summed E-state index contributed by atoms with van der Waals surface area (Å²) in [5, 5.41) is 3.66. The maximum atomic E-state index is 6.08. The van der Waals surface area contributed by atoms with E-state index in [1.165, 1.54) is 32.1 Å². The SMILES string of the molecule is CCNC(C1=CCCCCC1)C(C)(CC)OCC. The van der Waals surface area contributed by atoms with E-state index in [1.807, 2.05) is 0 Å². The number of likely N-dealkylation sites (N-methyl/N-ethyl adjacent to an activating group) is 1. The van der Waals surface area contributed by atoms with Crippen molar-refractivity contribution in [2.45, 2.75) is 77.9 Å². The predicted molar refractivity (Wildman–Crippen MR) is 79.0 cm³/mol. The Morgan fingerprint density at radius 3 is 2.67 bits per heavy atom. The molecule has 106 valence electrons. The van der Waals surface area contributed by atoms with Crippen LogP contribution < -0.4 is 5.32 Å². The van der Waals surface area contributed by atoms with Crippen molar-refractivity contribution in [3.05, 3.63) is 11.6 Å². The molecule has 0 fully saturated rings. The summed E-state index contributed by atoms with van der Waals surface area (Å²) in [6, 6.07) is 0.380. The van der Waals surface area contributed by atoms with Gasteiger partial charge in [-0.1, -0.05) is 31.9 Å². The van der Waals surface area contributed by atoms with Crippen molar-refractivity contribution in [2.75, 3.05) is 13.2 Å². The lowest BCUT2D eigenvalue weighted by molar-refractivity contribution is -0.0468. The van der Waals surface area contributed by atoms with Crippen LogP contribution in [-0.2, 0) is 4.74 Å². The third-order valence-electron chi connectivity index (χ3n) is 4.14. The Labute approximate surface area is 113 Å². The van der Waals surface area contributed by atoms with Crippen molar-refractivity contribution in [1.82, 2.24) is 5.32 Å². The van der Waals surface area contributed by atoms with Gasteiger partial charge in [0.1, 0.15) is 0 Å². The highest BCUT2D eigenvalue weighted by molar-refractivity contribution is 5.18. The van der Waals surface area contributed by atoms with Crippen molar-refractivity contribution in [3.63, 3.8) is 0 Å². The summed E-state index contributed by atoms with van der Waals surface area (Å²) in [6.45, 7) is 10.6. The smallest absolute Gasteiger partial charge is 0.0842 e. The summed E-state index contributed by atoms with van der Waals surface area (Å²) < 4.78 is 6.08. The molecule has 2 nitrogen and oxygen atoms in total. The van der Waals surface area contributed by atoms with Crippen molar-refractivity contribution < 1.29 is 4.74 Å². The van der Waals surface area contributed by atoms with Crippen molar-refractivity contribution >= 4 is 0 Å². The van der Waals surface area contributed by atoms with Gasteiger partial charge in [-0.2, -0.15) is 0 Å². The zero-order valence-corrected chi connectivity index (χ0v) is 12.7. The summed E-state index contributed by atoms with van der Waals surface area (Å²) >= 11 is 0. The van der Waals surface area contributed by atoms with Gasteiger partial charge in [0.05, 0.1) is 11.6 Å². The lowest BCUT2D eigenvalue weighted by Crippen LogP contribution is -2.51. The minimum absolute atomic E-state index is 0.0685. The molecule has 0 heterocycles. The summed E-state index contributed by atoms with van der Waals surface area (Å²) in [4.78, 5) is 0. The molecule has 0 spiro atoms. The Morgan fingerprint density at radius 2 is 2.06 bits per heavy atom. The van der Waals surface area contributed by atoms with E-state index >= 15 is 0 Å². The van der Waals surface area contributed by atoms with Crippen molar-refractivity contribution in [2.24, 2.45) is 0 Å². The lowest BCUT2D eigenvalue weighted by Gasteiger charge is -2.39. The van der Waals surface area contributed by atoms with Gasteiger partial charge >= 0.3 is 0 Å². The van der Waals surface area contributed by atoms with Crippen LogP contribution in [0.15, 0.2) is 11.6 Å². The molecule has 2 atom stereocenters. The molecule has 0 aromatic rings. The van der Waals surface area contributed by atoms with E-state index < -0.39 is 0 Å². The fourth-order valence-corrected chi connectivity index (χ4v) is 2.96. The summed E-state index contributed by atoms with van der Waals surface area (Å²) in [5.41, 5.74) is 1.51. The molecule has 1 aliphatic rings. The Balaban J connectivity index is 2.87. The average Bonchev–Trinajstić information content (AvgIpc) is 2.64. The number of nitrogens with one attached hydrogen (secondary N) is 1. The number of rotatable bonds is 7. The van der Waals surface area contributed by atoms with Crippen LogP contribution >= 0.6 is 0 Å². The Bertz CT molecular complexity index is 262. The third kappa shape index (κ3) is 4.10. The Morgan fingerprint density at radius 1 is 1.28 bits per heavy atom. The van der Waals surface area contributed by atoms with Gasteiger partial charge in [-0.3, -0.25) is 0 Å². The zero-order valence-electron chi connectivity index (χ0n) is 12.7. The van der Waals surface area contributed by atoms with E-state index in [9.17, 15) is 0 Å². The highest BCUT2D eigenvalue weighted by atomic mass is 16.5. The van der Waals surface area contributed by atoms with Gasteiger partial charge in [0.15, 0.2) is 0 Å². The minimum Gasteiger partial charge on any atom is -0.374 e. The first-order valence-electron chi connectivity index (χ1n) is 7.74. The van der Waals surface area contributed by atoms with Gasteiger partial charge < -0.3 is 10.1 Å². The first-order chi connectivity index (χ1) is 8.68. The number of ether oxygens (including phenoxy) is 1. The average molecular weight is 253 g/mol. The summed E-state index contributed by atoms with van der Waals surface area (Å²) in [7, 11) is 0. The van der Waals surface area contributed by atoms with E-state index in [0.717, 1.165) is 19.6 Å². The molecule has 2 unspecified atom stereocenters. The molecule has 0 amide bonds. The molecule has 0 aromatic heterocycles. The predicted octanol–water partition coefficient (Wildman–Crippen LogP) is 4.06. The molecular weight excluding hydrogens is 222 g/mol. The lowest BCUT2D eigenvalue weighted by atomic mass is 9.85. The number of hydrogen-bond acceptors (Lipinski definition) is 2. The zero-order chi connectivity index (χ0) is 13.4. The van der Waals surface area contributed by atoms with Crippen molar-refractivity contribution in [3.8, 4) is 0 Å². The Hall–Kier alpha value is -0.340. The maximum Gasteiger partial charge on any atom is 0.0842 e. The van der Waals surface area contributed by atoms with Crippen LogP contribution in [0.4, 0.5) is 0 Å². The van der Waals surface area contributed by atoms with Gasteiger partial charge in [-0.05, 0) is 52.5 Å². The summed E-state index contributed by atoms with van der Waals surface area (Å²) in [6.07, 6.45) is 10.0. The van der Waals surface area contributed by atoms with Crippen LogP contribution in [0, 0.1) is 0 Å². The molecule has 0 saturated heterocycles. The van der Waals surface area contributed by atoms with Crippen LogP contribution in [-0.4, -0.2) is 24.8 Å². The van der Waals surface area contributed by atoms with Gasteiger partial charge in [0.2, 0.25) is 0 Å². The summed E-state index contributed by atoms with van der Waals surface area (Å²) in [5.74, 6) is 0. The van der Waals surface area contributed by atoms with Crippen LogP contribution in [0.3, 0.4) is 0 Å². The second-order valence-electron chi connectivity index (χ2n) is 5.47. The van der Waals surface area contributed by atoms with Crippen molar-refractivity contribution in [1.29, 1.82) is 0 Å². The largest absolute Gasteiger partial charge is 0.374 e. The molecule has 1 rings (SSSR count). The van der Waals surface area contributed by atoms with Crippen LogP contribution in [0.5, 0.6) is 0 Å². The molecular formula is C16H31NO. The second kappa shape index (κ2) is 7.96. The highest BCUT2D eigenvalue weighted by Gasteiger charge is 2.35. The molecule has 0 aliphatic heterocycles. The van der Waals surface area contributed by atoms with Crippen LogP contribution in [0.25, 0.3) is 0 Å². The quantitative estimate of drug-likeness (QED) is 0.691. The second-order valence-corrected chi connectivity index (χ2v) is 5.47. The molecule has 18 heavy (non-hydrogen) atoms. The fourth-order valence-electron chi connectivity index (χ4n) is 2.96. The molecule has 0 saturated carbocycles. The topological polar surface area (TPSA) is 21.3 Å². The fraction of sp³-hybridized carbons (Fsp3) is 0.875. The van der Waals surface area contributed by atoms with Gasteiger partial charge in [0, 0.05) is 6.61 Å². The Kier molecular flexibility index (Phi) is 6.95. The third-order valence-corrected chi connectivity index (χ3v) is 4.14. The van der Waals surface area contributed by atoms with Gasteiger partial charge in [-0.15, -0.1) is 0 Å². The molecule has 1 N–H and O–H groups in total. The maximum absolute atomic E-state index is 6.08. The van der Waals surface area contributed by atoms with Gasteiger partial charge in [-0.25, -0.2) is 0 Å². The van der Waals surface area contributed by atoms with E-state index in [-0.39, 0.29) is 5.60 Å². The molecule has 2 heteroatoms. The van der Waals surface area contributed by atoms with Crippen LogP contribution in [0.2, 0.25) is 0 Å². The molecule has 0 aromatic carbocycles. The number of allylic oxidation sites excluding steroid dienone is 1. The van der Waals surface area contributed by atoms with Gasteiger partial charge in [0.25, 0.3) is 0 Å².